The highest BCUT2D eigenvalue weighted by Crippen LogP contribution is 2.17. The Hall–Kier alpha value is -4.74. The number of aliphatic hydroxyl groups is 1. The van der Waals surface area contributed by atoms with Gasteiger partial charge >= 0.3 is 11.9 Å². The predicted molar refractivity (Wildman–Crippen MR) is 398 cm³/mol. The van der Waals surface area contributed by atoms with Crippen molar-refractivity contribution < 1.29 is 24.2 Å². The third-order valence-electron chi connectivity index (χ3n) is 16.0. The zero-order chi connectivity index (χ0) is 64.7. The maximum atomic E-state index is 12.4. The molecule has 0 radical (unpaired) electrons. The van der Waals surface area contributed by atoms with E-state index >= 15 is 0 Å². The van der Waals surface area contributed by atoms with E-state index in [9.17, 15) is 14.7 Å². The second-order valence-corrected chi connectivity index (χ2v) is 24.6. The summed E-state index contributed by atoms with van der Waals surface area (Å²) in [6.45, 7) is 4.01. The van der Waals surface area contributed by atoms with Crippen molar-refractivity contribution in [3.05, 3.63) is 170 Å². The van der Waals surface area contributed by atoms with Crippen LogP contribution in [0.2, 0.25) is 0 Å². The minimum absolute atomic E-state index is 0.0831. The Balaban J connectivity index is 3.57. The van der Waals surface area contributed by atoms with Crippen LogP contribution in [0.3, 0.4) is 0 Å². The van der Waals surface area contributed by atoms with Crippen molar-refractivity contribution in [3.63, 3.8) is 0 Å². The van der Waals surface area contributed by atoms with Gasteiger partial charge < -0.3 is 14.6 Å². The van der Waals surface area contributed by atoms with Crippen LogP contribution >= 0.6 is 0 Å². The number of allylic oxidation sites excluding steroid dienone is 28. The van der Waals surface area contributed by atoms with Crippen LogP contribution in [0.25, 0.3) is 0 Å². The Morgan fingerprint density at radius 2 is 0.478 bits per heavy atom. The first-order valence-electron chi connectivity index (χ1n) is 37.7. The van der Waals surface area contributed by atoms with Crippen LogP contribution in [0, 0.1) is 0 Å². The van der Waals surface area contributed by atoms with Gasteiger partial charge in [-0.1, -0.05) is 357 Å². The summed E-state index contributed by atoms with van der Waals surface area (Å²) in [5.74, 6) is -0.619. The van der Waals surface area contributed by atoms with E-state index in [1.807, 2.05) is 0 Å². The van der Waals surface area contributed by atoms with Crippen LogP contribution in [-0.2, 0) is 19.1 Å². The van der Waals surface area contributed by atoms with Gasteiger partial charge in [0, 0.05) is 12.8 Å². The fourth-order valence-electron chi connectivity index (χ4n) is 10.4. The number of carbonyl (C=O) groups excluding carboxylic acids is 2. The molecule has 5 nitrogen and oxygen atoms in total. The molecule has 510 valence electrons. The third-order valence-corrected chi connectivity index (χ3v) is 16.0. The van der Waals surface area contributed by atoms with Crippen LogP contribution in [-0.4, -0.2) is 36.4 Å². The van der Waals surface area contributed by atoms with Crippen molar-refractivity contribution in [2.45, 2.75) is 341 Å². The number of aliphatic hydroxyl groups excluding tert-OH is 1. The first-order valence-corrected chi connectivity index (χ1v) is 37.7. The van der Waals surface area contributed by atoms with Gasteiger partial charge in [0.15, 0.2) is 6.10 Å². The van der Waals surface area contributed by atoms with Gasteiger partial charge in [-0.15, -0.1) is 0 Å². The summed E-state index contributed by atoms with van der Waals surface area (Å²) in [7, 11) is 0. The van der Waals surface area contributed by atoms with Gasteiger partial charge in [0.2, 0.25) is 0 Å². The molecule has 0 aromatic carbocycles. The lowest BCUT2D eigenvalue weighted by atomic mass is 10.0. The number of hydrogen-bond donors (Lipinski definition) is 1. The molecule has 1 atom stereocenters. The number of carbonyl (C=O) groups is 2. The molecule has 0 saturated heterocycles. The van der Waals surface area contributed by atoms with Gasteiger partial charge in [-0.05, 0) is 135 Å². The number of rotatable bonds is 68. The van der Waals surface area contributed by atoms with Crippen LogP contribution < -0.4 is 0 Å². The zero-order valence-electron chi connectivity index (χ0n) is 58.6. The fourth-order valence-corrected chi connectivity index (χ4v) is 10.4. The third kappa shape index (κ3) is 75.7. The Labute approximate surface area is 557 Å². The zero-order valence-corrected chi connectivity index (χ0v) is 58.6. The van der Waals surface area contributed by atoms with Gasteiger partial charge in [0.25, 0.3) is 0 Å². The van der Waals surface area contributed by atoms with Gasteiger partial charge in [-0.2, -0.15) is 0 Å². The van der Waals surface area contributed by atoms with Crippen LogP contribution in [0.4, 0.5) is 0 Å². The van der Waals surface area contributed by atoms with E-state index in [0.717, 1.165) is 135 Å². The Morgan fingerprint density at radius 3 is 0.722 bits per heavy atom. The molecule has 0 fully saturated rings. The van der Waals surface area contributed by atoms with Crippen molar-refractivity contribution in [2.24, 2.45) is 0 Å². The largest absolute Gasteiger partial charge is 0.462 e. The number of unbranched alkanes of at least 4 members (excludes halogenated alkanes) is 32. The molecule has 1 N–H and O–H groups in total. The van der Waals surface area contributed by atoms with Crippen molar-refractivity contribution in [1.82, 2.24) is 0 Å². The standard InChI is InChI=1S/C85H140O5/c1-3-5-7-9-11-13-15-17-19-21-23-25-27-29-31-33-35-37-39-40-41-42-43-44-46-48-50-52-54-56-58-60-62-64-66-68-70-72-74-76-78-80-85(88)90-83(81-86)82-89-84(87)79-77-75-73-71-69-67-65-63-61-59-57-55-53-51-49-47-45-38-36-34-32-30-28-26-24-22-20-18-16-14-12-10-8-6-4-2/h5,7,11,13,16-19,22-25,29,31,35,37,40-41,43-44,48,50,54,56,60,62,66,68,83,86H,3-4,6,8-10,12,14-15,20-21,26-28,30,32-34,36,38-39,42,45-47,49,51-53,55,57-59,61,63-65,67,69-82H2,1-2H3/b7-5-,13-11-,18-16-,19-17-,24-22-,25-23-,31-29-,37-35-,41-40-,44-43-,50-48-,56-54-,62-60-,68-66-. The SMILES string of the molecule is CC/C=C\C/C=C\C/C=C\C/C=C\C/C=C\C/C=C\C/C=C\C/C=C\C/C=C\C/C=C\C/C=C\C/C=C\CCCCCCC(=O)OC(CO)COC(=O)CCCCCCCCCCCCCCCCCCCCCCCCC/C=C\C/C=C\CCCCCCC. The van der Waals surface area contributed by atoms with Crippen molar-refractivity contribution in [2.75, 3.05) is 13.2 Å². The summed E-state index contributed by atoms with van der Waals surface area (Å²) >= 11 is 0. The summed E-state index contributed by atoms with van der Waals surface area (Å²) in [5, 5.41) is 9.71. The molecule has 0 amide bonds. The average molecular weight is 1240 g/mol. The molecule has 1 unspecified atom stereocenters. The van der Waals surface area contributed by atoms with E-state index in [4.69, 9.17) is 9.47 Å². The minimum Gasteiger partial charge on any atom is -0.462 e. The normalized spacial score (nSPS) is 13.2. The molecule has 0 bridgehead atoms. The van der Waals surface area contributed by atoms with Gasteiger partial charge in [0.05, 0.1) is 6.61 Å². The van der Waals surface area contributed by atoms with E-state index in [1.165, 1.54) is 173 Å². The molecule has 0 heterocycles. The lowest BCUT2D eigenvalue weighted by Crippen LogP contribution is -2.28. The monoisotopic (exact) mass is 1240 g/mol. The highest BCUT2D eigenvalue weighted by atomic mass is 16.6. The molecular weight excluding hydrogens is 1100 g/mol. The smallest absolute Gasteiger partial charge is 0.306 e. The van der Waals surface area contributed by atoms with Crippen molar-refractivity contribution >= 4 is 11.9 Å². The Bertz CT molecular complexity index is 1940. The van der Waals surface area contributed by atoms with Crippen molar-refractivity contribution in [3.8, 4) is 0 Å². The van der Waals surface area contributed by atoms with E-state index < -0.39 is 6.10 Å². The first-order chi connectivity index (χ1) is 44.6. The van der Waals surface area contributed by atoms with Crippen LogP contribution in [0.1, 0.15) is 335 Å². The number of ether oxygens (including phenoxy) is 2. The van der Waals surface area contributed by atoms with Crippen LogP contribution in [0.15, 0.2) is 170 Å². The topological polar surface area (TPSA) is 72.8 Å². The number of esters is 2. The molecule has 0 rings (SSSR count). The highest BCUT2D eigenvalue weighted by molar-refractivity contribution is 5.70. The predicted octanol–water partition coefficient (Wildman–Crippen LogP) is 26.8. The number of hydrogen-bond acceptors (Lipinski definition) is 5. The maximum Gasteiger partial charge on any atom is 0.306 e. The first kappa shape index (κ1) is 85.3. The molecule has 0 aromatic heterocycles. The van der Waals surface area contributed by atoms with Crippen LogP contribution in [0.5, 0.6) is 0 Å². The summed E-state index contributed by atoms with van der Waals surface area (Å²) in [6, 6.07) is 0. The summed E-state index contributed by atoms with van der Waals surface area (Å²) < 4.78 is 10.7. The summed E-state index contributed by atoms with van der Waals surface area (Å²) in [5.41, 5.74) is 0. The molecule has 0 saturated carbocycles. The molecule has 90 heavy (non-hydrogen) atoms. The van der Waals surface area contributed by atoms with E-state index in [1.54, 1.807) is 0 Å². The van der Waals surface area contributed by atoms with Crippen molar-refractivity contribution in [1.29, 1.82) is 0 Å². The summed E-state index contributed by atoms with van der Waals surface area (Å²) in [6.07, 6.45) is 121. The van der Waals surface area contributed by atoms with Gasteiger partial charge in [-0.3, -0.25) is 9.59 Å². The minimum atomic E-state index is -0.798. The van der Waals surface area contributed by atoms with E-state index in [2.05, 4.69) is 184 Å². The maximum absolute atomic E-state index is 12.4. The highest BCUT2D eigenvalue weighted by Gasteiger charge is 2.16. The molecule has 0 spiro atoms. The molecule has 0 aliphatic carbocycles. The average Bonchev–Trinajstić information content (AvgIpc) is 3.60. The lowest BCUT2D eigenvalue weighted by molar-refractivity contribution is -0.161. The molecule has 0 aromatic rings. The molecule has 0 aliphatic heterocycles. The summed E-state index contributed by atoms with van der Waals surface area (Å²) in [4.78, 5) is 24.7. The quantitative estimate of drug-likeness (QED) is 0.0373. The molecule has 0 aliphatic rings. The van der Waals surface area contributed by atoms with E-state index in [0.29, 0.717) is 12.8 Å². The Morgan fingerprint density at radius 1 is 0.267 bits per heavy atom. The van der Waals surface area contributed by atoms with Gasteiger partial charge in [0.1, 0.15) is 6.61 Å². The molecular formula is C85H140O5. The Kier molecular flexibility index (Phi) is 74.4. The second kappa shape index (κ2) is 78.5. The fraction of sp³-hybridized carbons (Fsp3) is 0.647. The molecule has 5 heteroatoms. The second-order valence-electron chi connectivity index (χ2n) is 24.6. The lowest BCUT2D eigenvalue weighted by Gasteiger charge is -2.15. The van der Waals surface area contributed by atoms with Gasteiger partial charge in [-0.25, -0.2) is 0 Å². The van der Waals surface area contributed by atoms with E-state index in [-0.39, 0.29) is 25.2 Å².